The minimum absolute atomic E-state index is 0.0108. The highest BCUT2D eigenvalue weighted by Crippen LogP contribution is 2.32. The molecule has 1 aromatic heterocycles. The Bertz CT molecular complexity index is 1120. The van der Waals surface area contributed by atoms with E-state index in [1.54, 1.807) is 17.0 Å². The number of carbonyl (C=O) groups excluding carboxylic acids is 1. The third-order valence-electron chi connectivity index (χ3n) is 5.19. The number of ether oxygens (including phenoxy) is 1. The number of hydrogen-bond donors (Lipinski definition) is 1. The average Bonchev–Trinajstić information content (AvgIpc) is 2.71. The van der Waals surface area contributed by atoms with E-state index >= 15 is 0 Å². The number of aryl methyl sites for hydroxylation is 1. The summed E-state index contributed by atoms with van der Waals surface area (Å²) < 4.78 is 5.47. The standard InChI is InChI=1S/C22H23N3O3/c1-13(2)19-21(26)24-20-15(23-19)10-11-17(28-3)18(20)22(27)25-12-6-8-14-7-4-5-9-16(14)25/h4-5,7,9-11,13H,6,8,12H2,1-3H3,(H,24,26). The molecule has 0 fully saturated rings. The summed E-state index contributed by atoms with van der Waals surface area (Å²) in [4.78, 5) is 35.3. The molecular weight excluding hydrogens is 354 g/mol. The Hall–Kier alpha value is -3.15. The Morgan fingerprint density at radius 1 is 1.21 bits per heavy atom. The number of fused-ring (bicyclic) bond motifs is 2. The highest BCUT2D eigenvalue weighted by molar-refractivity contribution is 6.15. The van der Waals surface area contributed by atoms with E-state index < -0.39 is 0 Å². The fourth-order valence-electron chi connectivity index (χ4n) is 3.80. The molecule has 1 amide bonds. The molecule has 0 bridgehead atoms. The number of amides is 1. The van der Waals surface area contributed by atoms with Crippen LogP contribution >= 0.6 is 0 Å². The molecule has 4 rings (SSSR count). The van der Waals surface area contributed by atoms with Crippen LogP contribution in [0.2, 0.25) is 0 Å². The fraction of sp³-hybridized carbons (Fsp3) is 0.318. The van der Waals surface area contributed by atoms with Crippen LogP contribution in [-0.2, 0) is 6.42 Å². The number of aromatic nitrogens is 2. The zero-order chi connectivity index (χ0) is 19.8. The lowest BCUT2D eigenvalue weighted by Crippen LogP contribution is -2.36. The van der Waals surface area contributed by atoms with Crippen LogP contribution in [0.25, 0.3) is 11.0 Å². The quantitative estimate of drug-likeness (QED) is 0.756. The highest BCUT2D eigenvalue weighted by atomic mass is 16.5. The number of nitrogens with zero attached hydrogens (tertiary/aromatic N) is 2. The summed E-state index contributed by atoms with van der Waals surface area (Å²) in [7, 11) is 1.52. The second-order valence-electron chi connectivity index (χ2n) is 7.33. The number of hydrogen-bond acceptors (Lipinski definition) is 4. The van der Waals surface area contributed by atoms with Crippen molar-refractivity contribution in [2.24, 2.45) is 0 Å². The second kappa shape index (κ2) is 7.11. The third kappa shape index (κ3) is 2.95. The topological polar surface area (TPSA) is 75.3 Å². The van der Waals surface area contributed by atoms with E-state index in [4.69, 9.17) is 4.74 Å². The van der Waals surface area contributed by atoms with Crippen molar-refractivity contribution in [3.8, 4) is 5.75 Å². The van der Waals surface area contributed by atoms with Crippen LogP contribution < -0.4 is 15.2 Å². The second-order valence-corrected chi connectivity index (χ2v) is 7.33. The van der Waals surface area contributed by atoms with E-state index in [2.05, 4.69) is 9.97 Å². The first-order chi connectivity index (χ1) is 13.5. The molecule has 2 heterocycles. The first-order valence-corrected chi connectivity index (χ1v) is 9.52. The number of rotatable bonds is 3. The molecule has 0 saturated carbocycles. The van der Waals surface area contributed by atoms with E-state index in [-0.39, 0.29) is 17.4 Å². The fourth-order valence-corrected chi connectivity index (χ4v) is 3.80. The lowest BCUT2D eigenvalue weighted by atomic mass is 10.00. The van der Waals surface area contributed by atoms with Crippen molar-refractivity contribution in [2.75, 3.05) is 18.6 Å². The largest absolute Gasteiger partial charge is 0.496 e. The van der Waals surface area contributed by atoms with Gasteiger partial charge in [0.25, 0.3) is 11.5 Å². The Morgan fingerprint density at radius 2 is 2.00 bits per heavy atom. The molecule has 0 aliphatic carbocycles. The zero-order valence-electron chi connectivity index (χ0n) is 16.3. The molecule has 1 N–H and O–H groups in total. The van der Waals surface area contributed by atoms with Crippen molar-refractivity contribution >= 4 is 22.6 Å². The summed E-state index contributed by atoms with van der Waals surface area (Å²) in [5.74, 6) is 0.225. The predicted octanol–water partition coefficient (Wildman–Crippen LogP) is 3.65. The first kappa shape index (κ1) is 18.2. The van der Waals surface area contributed by atoms with Crippen molar-refractivity contribution in [1.29, 1.82) is 0 Å². The molecule has 0 atom stereocenters. The van der Waals surface area contributed by atoms with Crippen LogP contribution in [0.5, 0.6) is 5.75 Å². The van der Waals surface area contributed by atoms with Gasteiger partial charge in [-0.3, -0.25) is 9.59 Å². The molecular formula is C22H23N3O3. The van der Waals surface area contributed by atoms with Gasteiger partial charge in [0.15, 0.2) is 0 Å². The van der Waals surface area contributed by atoms with Gasteiger partial charge in [-0.05, 0) is 36.6 Å². The van der Waals surface area contributed by atoms with Gasteiger partial charge in [-0.1, -0.05) is 32.0 Å². The Kier molecular flexibility index (Phi) is 4.63. The Morgan fingerprint density at radius 3 is 2.75 bits per heavy atom. The van der Waals surface area contributed by atoms with Crippen LogP contribution in [0.15, 0.2) is 41.2 Å². The van der Waals surface area contributed by atoms with Gasteiger partial charge < -0.3 is 14.6 Å². The van der Waals surface area contributed by atoms with Gasteiger partial charge in [-0.2, -0.15) is 0 Å². The number of methoxy groups -OCH3 is 1. The van der Waals surface area contributed by atoms with Gasteiger partial charge in [0.1, 0.15) is 17.0 Å². The van der Waals surface area contributed by atoms with Gasteiger partial charge >= 0.3 is 0 Å². The predicted molar refractivity (Wildman–Crippen MR) is 109 cm³/mol. The molecule has 1 aliphatic rings. The molecule has 28 heavy (non-hydrogen) atoms. The van der Waals surface area contributed by atoms with E-state index in [1.807, 2.05) is 38.1 Å². The van der Waals surface area contributed by atoms with E-state index in [9.17, 15) is 9.59 Å². The average molecular weight is 377 g/mol. The number of carbonyl (C=O) groups is 1. The smallest absolute Gasteiger partial charge is 0.270 e. The molecule has 1 aliphatic heterocycles. The van der Waals surface area contributed by atoms with Crippen LogP contribution in [0.3, 0.4) is 0 Å². The van der Waals surface area contributed by atoms with Gasteiger partial charge in [0.2, 0.25) is 0 Å². The summed E-state index contributed by atoms with van der Waals surface area (Å²) in [6, 6.07) is 11.4. The maximum absolute atomic E-state index is 13.6. The van der Waals surface area contributed by atoms with Gasteiger partial charge in [0.05, 0.1) is 18.1 Å². The first-order valence-electron chi connectivity index (χ1n) is 9.52. The normalized spacial score (nSPS) is 13.6. The number of H-pyrrole nitrogens is 1. The molecule has 6 nitrogen and oxygen atoms in total. The maximum atomic E-state index is 13.6. The summed E-state index contributed by atoms with van der Waals surface area (Å²) >= 11 is 0. The van der Waals surface area contributed by atoms with Crippen LogP contribution in [0, 0.1) is 0 Å². The molecule has 0 unspecified atom stereocenters. The van der Waals surface area contributed by atoms with Crippen LogP contribution in [0.1, 0.15) is 47.8 Å². The molecule has 144 valence electrons. The van der Waals surface area contributed by atoms with Crippen molar-refractivity contribution in [2.45, 2.75) is 32.6 Å². The number of aromatic amines is 1. The van der Waals surface area contributed by atoms with Gasteiger partial charge in [-0.15, -0.1) is 0 Å². The van der Waals surface area contributed by atoms with Crippen LogP contribution in [-0.4, -0.2) is 29.5 Å². The molecule has 0 saturated heterocycles. The Labute approximate surface area is 163 Å². The van der Waals surface area contributed by atoms with Crippen molar-refractivity contribution in [3.63, 3.8) is 0 Å². The molecule has 6 heteroatoms. The zero-order valence-corrected chi connectivity index (χ0v) is 16.3. The lowest BCUT2D eigenvalue weighted by molar-refractivity contribution is 0.0983. The molecule has 0 radical (unpaired) electrons. The molecule has 0 spiro atoms. The number of anilines is 1. The Balaban J connectivity index is 1.91. The third-order valence-corrected chi connectivity index (χ3v) is 5.19. The SMILES string of the molecule is COc1ccc2nc(C(C)C)c(=O)[nH]c2c1C(=O)N1CCCc2ccccc21. The van der Waals surface area contributed by atoms with Crippen molar-refractivity contribution < 1.29 is 9.53 Å². The summed E-state index contributed by atoms with van der Waals surface area (Å²) in [6.45, 7) is 4.46. The lowest BCUT2D eigenvalue weighted by Gasteiger charge is -2.30. The summed E-state index contributed by atoms with van der Waals surface area (Å²) in [5.41, 5.74) is 3.58. The van der Waals surface area contributed by atoms with Crippen molar-refractivity contribution in [3.05, 3.63) is 63.6 Å². The molecule has 2 aromatic carbocycles. The van der Waals surface area contributed by atoms with Crippen LogP contribution in [0.4, 0.5) is 5.69 Å². The van der Waals surface area contributed by atoms with Gasteiger partial charge in [0, 0.05) is 18.2 Å². The maximum Gasteiger partial charge on any atom is 0.270 e. The van der Waals surface area contributed by atoms with E-state index in [1.165, 1.54) is 7.11 Å². The highest BCUT2D eigenvalue weighted by Gasteiger charge is 2.28. The van der Waals surface area contributed by atoms with Gasteiger partial charge in [-0.25, -0.2) is 4.98 Å². The van der Waals surface area contributed by atoms with Crippen molar-refractivity contribution in [1.82, 2.24) is 9.97 Å². The number of para-hydroxylation sites is 1. The number of nitrogens with one attached hydrogen (secondary N) is 1. The summed E-state index contributed by atoms with van der Waals surface area (Å²) in [5, 5.41) is 0. The minimum Gasteiger partial charge on any atom is -0.496 e. The van der Waals surface area contributed by atoms with E-state index in [0.29, 0.717) is 34.6 Å². The monoisotopic (exact) mass is 377 g/mol. The number of benzene rings is 2. The van der Waals surface area contributed by atoms with E-state index in [0.717, 1.165) is 24.1 Å². The molecule has 3 aromatic rings. The summed E-state index contributed by atoms with van der Waals surface area (Å²) in [6.07, 6.45) is 1.84. The minimum atomic E-state index is -0.274.